The molecule has 0 unspecified atom stereocenters. The predicted octanol–water partition coefficient (Wildman–Crippen LogP) is 3.38. The van der Waals surface area contributed by atoms with Gasteiger partial charge in [0.1, 0.15) is 5.01 Å². The van der Waals surface area contributed by atoms with Crippen molar-refractivity contribution >= 4 is 16.3 Å². The molecule has 0 aliphatic heterocycles. The lowest BCUT2D eigenvalue weighted by Crippen LogP contribution is -1.99. The van der Waals surface area contributed by atoms with Crippen LogP contribution in [0.1, 0.15) is 36.7 Å². The molecule has 0 saturated carbocycles. The molecule has 104 valence electrons. The molecule has 5 heteroatoms. The Kier molecular flexibility index (Phi) is 3.31. The van der Waals surface area contributed by atoms with E-state index in [1.54, 1.807) is 15.9 Å². The zero-order chi connectivity index (χ0) is 14.3. The third-order valence-electron chi connectivity index (χ3n) is 3.29. The number of imidazole rings is 1. The first kappa shape index (κ1) is 13.3. The normalized spacial score (nSPS) is 11.7. The topological polar surface area (TPSA) is 50.4 Å². The van der Waals surface area contributed by atoms with Crippen LogP contribution in [-0.2, 0) is 6.61 Å². The predicted molar refractivity (Wildman–Crippen MR) is 81.0 cm³/mol. The summed E-state index contributed by atoms with van der Waals surface area (Å²) in [5, 5.41) is 15.1. The smallest absolute Gasteiger partial charge is 0.213 e. The quantitative estimate of drug-likeness (QED) is 0.803. The van der Waals surface area contributed by atoms with Gasteiger partial charge in [0.15, 0.2) is 0 Å². The Bertz CT molecular complexity index is 758. The van der Waals surface area contributed by atoms with Gasteiger partial charge in [-0.15, -0.1) is 0 Å². The summed E-state index contributed by atoms with van der Waals surface area (Å²) in [5.74, 6) is 0.286. The number of aromatic nitrogens is 3. The number of aryl methyl sites for hydroxylation is 1. The van der Waals surface area contributed by atoms with Crippen molar-refractivity contribution in [1.82, 2.24) is 14.6 Å². The van der Waals surface area contributed by atoms with Gasteiger partial charge in [-0.05, 0) is 18.9 Å². The highest BCUT2D eigenvalue weighted by Gasteiger charge is 2.18. The fourth-order valence-electron chi connectivity index (χ4n) is 2.31. The molecular weight excluding hydrogens is 270 g/mol. The van der Waals surface area contributed by atoms with Crippen LogP contribution in [0.25, 0.3) is 15.5 Å². The van der Waals surface area contributed by atoms with Crippen molar-refractivity contribution < 1.29 is 5.11 Å². The molecule has 1 aromatic carbocycles. The van der Waals surface area contributed by atoms with Gasteiger partial charge < -0.3 is 5.11 Å². The fraction of sp³-hybridized carbons (Fsp3) is 0.333. The summed E-state index contributed by atoms with van der Waals surface area (Å²) >= 11 is 1.56. The molecule has 0 amide bonds. The van der Waals surface area contributed by atoms with Gasteiger partial charge in [-0.1, -0.05) is 48.9 Å². The van der Waals surface area contributed by atoms with Crippen molar-refractivity contribution in [3.63, 3.8) is 0 Å². The molecule has 0 fully saturated rings. The second-order valence-electron chi connectivity index (χ2n) is 5.23. The van der Waals surface area contributed by atoms with E-state index in [2.05, 4.69) is 43.0 Å². The average Bonchev–Trinajstić information content (AvgIpc) is 2.95. The third-order valence-corrected chi connectivity index (χ3v) is 4.25. The maximum atomic E-state index is 9.58. The lowest BCUT2D eigenvalue weighted by Gasteiger charge is -2.03. The van der Waals surface area contributed by atoms with Gasteiger partial charge >= 0.3 is 0 Å². The van der Waals surface area contributed by atoms with E-state index < -0.39 is 0 Å². The molecule has 1 N–H and O–H groups in total. The molecule has 0 bridgehead atoms. The third kappa shape index (κ3) is 2.13. The van der Waals surface area contributed by atoms with Gasteiger partial charge in [-0.2, -0.15) is 5.10 Å². The van der Waals surface area contributed by atoms with E-state index in [9.17, 15) is 5.11 Å². The Morgan fingerprint density at radius 1 is 1.35 bits per heavy atom. The summed E-state index contributed by atoms with van der Waals surface area (Å²) in [6, 6.07) is 8.26. The lowest BCUT2D eigenvalue weighted by molar-refractivity contribution is 0.272. The highest BCUT2D eigenvalue weighted by molar-refractivity contribution is 7.19. The van der Waals surface area contributed by atoms with Crippen LogP contribution in [0.5, 0.6) is 0 Å². The number of benzene rings is 1. The first-order valence-electron chi connectivity index (χ1n) is 6.66. The van der Waals surface area contributed by atoms with Crippen LogP contribution >= 0.6 is 11.3 Å². The Hall–Kier alpha value is -1.72. The van der Waals surface area contributed by atoms with Crippen molar-refractivity contribution in [3.05, 3.63) is 41.2 Å². The molecule has 0 radical (unpaired) electrons. The fourth-order valence-corrected chi connectivity index (χ4v) is 3.23. The van der Waals surface area contributed by atoms with Crippen molar-refractivity contribution in [1.29, 1.82) is 0 Å². The molecule has 3 rings (SSSR count). The van der Waals surface area contributed by atoms with E-state index in [0.717, 1.165) is 26.9 Å². The summed E-state index contributed by atoms with van der Waals surface area (Å²) in [6.45, 7) is 6.18. The van der Waals surface area contributed by atoms with Gasteiger partial charge in [-0.3, -0.25) is 0 Å². The van der Waals surface area contributed by atoms with Crippen LogP contribution in [0, 0.1) is 6.92 Å². The van der Waals surface area contributed by atoms with E-state index in [-0.39, 0.29) is 12.5 Å². The molecule has 20 heavy (non-hydrogen) atoms. The van der Waals surface area contributed by atoms with Crippen molar-refractivity contribution in [2.75, 3.05) is 0 Å². The molecule has 0 saturated heterocycles. The van der Waals surface area contributed by atoms with Crippen molar-refractivity contribution in [2.45, 2.75) is 33.3 Å². The Morgan fingerprint density at radius 2 is 2.15 bits per heavy atom. The maximum absolute atomic E-state index is 9.58. The van der Waals surface area contributed by atoms with Gasteiger partial charge in [0, 0.05) is 5.56 Å². The van der Waals surface area contributed by atoms with Crippen molar-refractivity contribution in [3.8, 4) is 10.6 Å². The highest BCUT2D eigenvalue weighted by Crippen LogP contribution is 2.29. The molecule has 0 aliphatic rings. The van der Waals surface area contributed by atoms with E-state index in [0.29, 0.717) is 0 Å². The molecule has 2 heterocycles. The van der Waals surface area contributed by atoms with Gasteiger partial charge in [0.05, 0.1) is 18.0 Å². The molecule has 2 aromatic heterocycles. The average molecular weight is 287 g/mol. The molecular formula is C15H17N3OS. The van der Waals surface area contributed by atoms with Crippen LogP contribution in [0.4, 0.5) is 0 Å². The molecule has 0 atom stereocenters. The summed E-state index contributed by atoms with van der Waals surface area (Å²) in [6.07, 6.45) is 0. The van der Waals surface area contributed by atoms with Gasteiger partial charge in [-0.25, -0.2) is 9.50 Å². The minimum absolute atomic E-state index is 0.0360. The van der Waals surface area contributed by atoms with Crippen molar-refractivity contribution in [2.24, 2.45) is 0 Å². The van der Waals surface area contributed by atoms with E-state index in [1.807, 2.05) is 12.1 Å². The Balaban J connectivity index is 2.15. The first-order chi connectivity index (χ1) is 9.60. The zero-order valence-electron chi connectivity index (χ0n) is 11.8. The largest absolute Gasteiger partial charge is 0.390 e. The van der Waals surface area contributed by atoms with E-state index in [1.165, 1.54) is 5.56 Å². The standard InChI is InChI=1S/C15H17N3OS/c1-9(2)13-12(8-19)18-15(16-13)20-14(17-18)11-6-4-5-10(3)7-11/h4-7,9,19H,8H2,1-3H3. The SMILES string of the molecule is Cc1cccc(-c2nn3c(CO)c(C(C)C)nc3s2)c1. The number of aliphatic hydroxyl groups is 1. The maximum Gasteiger partial charge on any atom is 0.213 e. The first-order valence-corrected chi connectivity index (χ1v) is 7.48. The van der Waals surface area contributed by atoms with Crippen LogP contribution in [0.2, 0.25) is 0 Å². The van der Waals surface area contributed by atoms with Crippen LogP contribution < -0.4 is 0 Å². The monoisotopic (exact) mass is 287 g/mol. The van der Waals surface area contributed by atoms with Gasteiger partial charge in [0.25, 0.3) is 0 Å². The minimum atomic E-state index is -0.0360. The lowest BCUT2D eigenvalue weighted by atomic mass is 10.1. The molecule has 3 aromatic rings. The second-order valence-corrected chi connectivity index (χ2v) is 6.18. The summed E-state index contributed by atoms with van der Waals surface area (Å²) in [7, 11) is 0. The number of aliphatic hydroxyl groups excluding tert-OH is 1. The zero-order valence-corrected chi connectivity index (χ0v) is 12.6. The van der Waals surface area contributed by atoms with Crippen LogP contribution in [0.3, 0.4) is 0 Å². The number of hydrogen-bond acceptors (Lipinski definition) is 4. The van der Waals surface area contributed by atoms with Crippen LogP contribution in [0.15, 0.2) is 24.3 Å². The number of rotatable bonds is 3. The summed E-state index contributed by atoms with van der Waals surface area (Å²) < 4.78 is 1.78. The van der Waals surface area contributed by atoms with Crippen LogP contribution in [-0.4, -0.2) is 19.7 Å². The number of nitrogens with zero attached hydrogens (tertiary/aromatic N) is 3. The molecule has 0 spiro atoms. The summed E-state index contributed by atoms with van der Waals surface area (Å²) in [5.41, 5.74) is 4.03. The Labute approximate surface area is 121 Å². The summed E-state index contributed by atoms with van der Waals surface area (Å²) in [4.78, 5) is 5.45. The van der Waals surface area contributed by atoms with E-state index >= 15 is 0 Å². The second kappa shape index (κ2) is 5.00. The van der Waals surface area contributed by atoms with E-state index in [4.69, 9.17) is 0 Å². The number of fused-ring (bicyclic) bond motifs is 1. The number of hydrogen-bond donors (Lipinski definition) is 1. The molecule has 4 nitrogen and oxygen atoms in total. The minimum Gasteiger partial charge on any atom is -0.390 e. The molecule has 0 aliphatic carbocycles. The Morgan fingerprint density at radius 3 is 2.80 bits per heavy atom. The highest BCUT2D eigenvalue weighted by atomic mass is 32.1. The van der Waals surface area contributed by atoms with Gasteiger partial charge in [0.2, 0.25) is 4.96 Å².